The summed E-state index contributed by atoms with van der Waals surface area (Å²) in [6.07, 6.45) is 5.91. The van der Waals surface area contributed by atoms with Gasteiger partial charge in [-0.15, -0.1) is 0 Å². The molecule has 0 saturated carbocycles. The molecule has 114 valence electrons. The van der Waals surface area contributed by atoms with E-state index in [1.165, 1.54) is 30.5 Å². The Labute approximate surface area is 124 Å². The normalized spacial score (nSPS) is 11.1. The molecule has 0 aliphatic heterocycles. The lowest BCUT2D eigenvalue weighted by molar-refractivity contribution is 0.618. The van der Waals surface area contributed by atoms with E-state index in [2.05, 4.69) is 44.7 Å². The van der Waals surface area contributed by atoms with Gasteiger partial charge in [-0.3, -0.25) is 0 Å². The largest absolute Gasteiger partial charge is 0.354 e. The summed E-state index contributed by atoms with van der Waals surface area (Å²) in [7, 11) is 0. The lowest BCUT2D eigenvalue weighted by Crippen LogP contribution is -2.32. The zero-order valence-corrected chi connectivity index (χ0v) is 13.7. The average molecular weight is 277 g/mol. The van der Waals surface area contributed by atoms with Crippen LogP contribution in [0.5, 0.6) is 0 Å². The monoisotopic (exact) mass is 277 g/mol. The van der Waals surface area contributed by atoms with Crippen LogP contribution in [0, 0.1) is 0 Å². The number of hydrogen-bond donors (Lipinski definition) is 1. The van der Waals surface area contributed by atoms with Crippen LogP contribution in [0.3, 0.4) is 0 Å². The number of aromatic nitrogens is 1. The van der Waals surface area contributed by atoms with Crippen LogP contribution < -0.4 is 10.6 Å². The molecule has 20 heavy (non-hydrogen) atoms. The highest BCUT2D eigenvalue weighted by molar-refractivity contribution is 5.43. The molecular weight excluding hydrogens is 246 g/mol. The number of nitrogens with two attached hydrogens (primary N) is 1. The third-order valence-electron chi connectivity index (χ3n) is 3.59. The third kappa shape index (κ3) is 5.12. The Kier molecular flexibility index (Phi) is 7.60. The standard InChI is InChI=1S/C17H31N3/c1-5-7-8-10-20(14(3)4)17-12-15(13-18)11-16(19-17)9-6-2/h11-12,14H,5-10,13,18H2,1-4H3. The van der Waals surface area contributed by atoms with Gasteiger partial charge in [-0.25, -0.2) is 4.98 Å². The van der Waals surface area contributed by atoms with E-state index in [1.807, 2.05) is 0 Å². The summed E-state index contributed by atoms with van der Waals surface area (Å²) in [5.41, 5.74) is 8.20. The first-order valence-corrected chi connectivity index (χ1v) is 8.08. The average Bonchev–Trinajstić information content (AvgIpc) is 2.43. The maximum absolute atomic E-state index is 5.84. The van der Waals surface area contributed by atoms with Gasteiger partial charge in [-0.2, -0.15) is 0 Å². The molecular formula is C17H31N3. The minimum absolute atomic E-state index is 0.474. The van der Waals surface area contributed by atoms with Crippen molar-refractivity contribution in [1.29, 1.82) is 0 Å². The van der Waals surface area contributed by atoms with E-state index in [4.69, 9.17) is 10.7 Å². The molecule has 1 aromatic heterocycles. The van der Waals surface area contributed by atoms with E-state index in [0.29, 0.717) is 12.6 Å². The number of anilines is 1. The van der Waals surface area contributed by atoms with Crippen LogP contribution >= 0.6 is 0 Å². The van der Waals surface area contributed by atoms with Crippen molar-refractivity contribution in [2.45, 2.75) is 72.4 Å². The van der Waals surface area contributed by atoms with Crippen molar-refractivity contribution in [3.8, 4) is 0 Å². The number of hydrogen-bond acceptors (Lipinski definition) is 3. The first-order valence-electron chi connectivity index (χ1n) is 8.08. The van der Waals surface area contributed by atoms with Crippen molar-refractivity contribution in [3.63, 3.8) is 0 Å². The predicted octanol–water partition coefficient (Wildman–Crippen LogP) is 3.90. The van der Waals surface area contributed by atoms with Gasteiger partial charge >= 0.3 is 0 Å². The van der Waals surface area contributed by atoms with Crippen LogP contribution in [0.4, 0.5) is 5.82 Å². The zero-order valence-electron chi connectivity index (χ0n) is 13.7. The maximum Gasteiger partial charge on any atom is 0.129 e. The van der Waals surface area contributed by atoms with Gasteiger partial charge in [0.2, 0.25) is 0 Å². The fraction of sp³-hybridized carbons (Fsp3) is 0.706. The Hall–Kier alpha value is -1.09. The van der Waals surface area contributed by atoms with Gasteiger partial charge < -0.3 is 10.6 Å². The van der Waals surface area contributed by atoms with Crippen LogP contribution in [-0.4, -0.2) is 17.6 Å². The first-order chi connectivity index (χ1) is 9.62. The smallest absolute Gasteiger partial charge is 0.129 e. The Balaban J connectivity index is 2.95. The Morgan fingerprint density at radius 1 is 1.15 bits per heavy atom. The van der Waals surface area contributed by atoms with Crippen molar-refractivity contribution in [1.82, 2.24) is 4.98 Å². The molecule has 0 aliphatic carbocycles. The molecule has 3 nitrogen and oxygen atoms in total. The highest BCUT2D eigenvalue weighted by Crippen LogP contribution is 2.19. The molecule has 0 fully saturated rings. The highest BCUT2D eigenvalue weighted by atomic mass is 15.2. The van der Waals surface area contributed by atoms with Crippen molar-refractivity contribution < 1.29 is 0 Å². The lowest BCUT2D eigenvalue weighted by atomic mass is 10.1. The molecule has 0 saturated heterocycles. The van der Waals surface area contributed by atoms with E-state index >= 15 is 0 Å². The highest BCUT2D eigenvalue weighted by Gasteiger charge is 2.13. The molecule has 0 spiro atoms. The predicted molar refractivity (Wildman–Crippen MR) is 88.1 cm³/mol. The molecule has 0 amide bonds. The summed E-state index contributed by atoms with van der Waals surface area (Å²) in [5.74, 6) is 1.10. The summed E-state index contributed by atoms with van der Waals surface area (Å²) in [5, 5.41) is 0. The number of nitrogens with zero attached hydrogens (tertiary/aromatic N) is 2. The van der Waals surface area contributed by atoms with Crippen molar-refractivity contribution in [2.24, 2.45) is 5.73 Å². The number of unbranched alkanes of at least 4 members (excludes halogenated alkanes) is 2. The van der Waals surface area contributed by atoms with Crippen LogP contribution in [0.25, 0.3) is 0 Å². The second-order valence-corrected chi connectivity index (χ2v) is 5.77. The summed E-state index contributed by atoms with van der Waals surface area (Å²) in [6.45, 7) is 10.6. The SMILES string of the molecule is CCCCCN(c1cc(CN)cc(CCC)n1)C(C)C. The van der Waals surface area contributed by atoms with Crippen LogP contribution in [0.1, 0.15) is 64.6 Å². The van der Waals surface area contributed by atoms with Crippen LogP contribution in [0.15, 0.2) is 12.1 Å². The minimum Gasteiger partial charge on any atom is -0.354 e. The fourth-order valence-electron chi connectivity index (χ4n) is 2.45. The van der Waals surface area contributed by atoms with E-state index in [1.54, 1.807) is 0 Å². The molecule has 1 heterocycles. The molecule has 2 N–H and O–H groups in total. The summed E-state index contributed by atoms with van der Waals surface area (Å²) in [4.78, 5) is 7.25. The number of aryl methyl sites for hydroxylation is 1. The molecule has 3 heteroatoms. The fourth-order valence-corrected chi connectivity index (χ4v) is 2.45. The third-order valence-corrected chi connectivity index (χ3v) is 3.59. The molecule has 0 radical (unpaired) electrons. The molecule has 0 bridgehead atoms. The van der Waals surface area contributed by atoms with Crippen molar-refractivity contribution >= 4 is 5.82 Å². The Bertz CT molecular complexity index is 388. The van der Waals surface area contributed by atoms with Gasteiger partial charge in [0.1, 0.15) is 5.82 Å². The quantitative estimate of drug-likeness (QED) is 0.696. The maximum atomic E-state index is 5.84. The molecule has 0 unspecified atom stereocenters. The second-order valence-electron chi connectivity index (χ2n) is 5.77. The summed E-state index contributed by atoms with van der Waals surface area (Å²) < 4.78 is 0. The van der Waals surface area contributed by atoms with Gasteiger partial charge in [-0.05, 0) is 44.4 Å². The summed E-state index contributed by atoms with van der Waals surface area (Å²) >= 11 is 0. The van der Waals surface area contributed by atoms with Crippen molar-refractivity contribution in [3.05, 3.63) is 23.4 Å². The van der Waals surface area contributed by atoms with E-state index in [0.717, 1.165) is 25.2 Å². The van der Waals surface area contributed by atoms with E-state index in [-0.39, 0.29) is 0 Å². The topological polar surface area (TPSA) is 42.1 Å². The van der Waals surface area contributed by atoms with Crippen LogP contribution in [0.2, 0.25) is 0 Å². The van der Waals surface area contributed by atoms with Crippen molar-refractivity contribution in [2.75, 3.05) is 11.4 Å². The van der Waals surface area contributed by atoms with Gasteiger partial charge in [0.05, 0.1) is 0 Å². The first kappa shape index (κ1) is 17.0. The van der Waals surface area contributed by atoms with E-state index < -0.39 is 0 Å². The number of pyridine rings is 1. The van der Waals surface area contributed by atoms with E-state index in [9.17, 15) is 0 Å². The van der Waals surface area contributed by atoms with Gasteiger partial charge in [0.25, 0.3) is 0 Å². The molecule has 1 rings (SSSR count). The minimum atomic E-state index is 0.474. The Morgan fingerprint density at radius 2 is 1.90 bits per heavy atom. The molecule has 1 aromatic rings. The Morgan fingerprint density at radius 3 is 2.45 bits per heavy atom. The van der Waals surface area contributed by atoms with Gasteiger partial charge in [-0.1, -0.05) is 33.1 Å². The van der Waals surface area contributed by atoms with Gasteiger partial charge in [0.15, 0.2) is 0 Å². The zero-order chi connectivity index (χ0) is 15.0. The lowest BCUT2D eigenvalue weighted by Gasteiger charge is -2.29. The summed E-state index contributed by atoms with van der Waals surface area (Å²) in [6, 6.07) is 4.78. The molecule has 0 atom stereocenters. The number of rotatable bonds is 9. The van der Waals surface area contributed by atoms with Gasteiger partial charge in [0, 0.05) is 24.8 Å². The molecule has 0 aliphatic rings. The van der Waals surface area contributed by atoms with Crippen LogP contribution in [-0.2, 0) is 13.0 Å². The molecule has 0 aromatic carbocycles. The second kappa shape index (κ2) is 8.96.